The Morgan fingerprint density at radius 2 is 2.24 bits per heavy atom. The fourth-order valence-electron chi connectivity index (χ4n) is 2.68. The molecule has 0 radical (unpaired) electrons. The molecule has 0 spiro atoms. The highest BCUT2D eigenvalue weighted by molar-refractivity contribution is 9.10. The van der Waals surface area contributed by atoms with E-state index in [-0.39, 0.29) is 47.0 Å². The summed E-state index contributed by atoms with van der Waals surface area (Å²) in [6, 6.07) is 3.89. The highest BCUT2D eigenvalue weighted by Gasteiger charge is 2.42. The Morgan fingerprint density at radius 3 is 2.86 bits per heavy atom. The molecule has 5 N–H and O–H groups in total. The first-order valence-corrected chi connectivity index (χ1v) is 10.4. The van der Waals surface area contributed by atoms with E-state index in [4.69, 9.17) is 5.14 Å². The zero-order valence-corrected chi connectivity index (χ0v) is 17.0. The summed E-state index contributed by atoms with van der Waals surface area (Å²) < 4.78 is 56.6. The lowest BCUT2D eigenvalue weighted by molar-refractivity contribution is 0.197. The zero-order chi connectivity index (χ0) is 21.2. The predicted octanol–water partition coefficient (Wildman–Crippen LogP) is 1.06. The quantitative estimate of drug-likeness (QED) is 0.263. The van der Waals surface area contributed by atoms with Crippen LogP contribution in [0.5, 0.6) is 0 Å². The smallest absolute Gasteiger partial charge is 0.277 e. The van der Waals surface area contributed by atoms with Gasteiger partial charge >= 0.3 is 0 Å². The molecule has 1 aromatic carbocycles. The Morgan fingerprint density at radius 1 is 1.48 bits per heavy atom. The molecule has 158 valence electrons. The second-order valence-electron chi connectivity index (χ2n) is 6.27. The molecule has 15 heteroatoms. The van der Waals surface area contributed by atoms with E-state index in [1.54, 1.807) is 0 Å². The topological polar surface area (TPSA) is 159 Å². The van der Waals surface area contributed by atoms with Gasteiger partial charge in [-0.3, -0.25) is 10.7 Å². The number of amidine groups is 1. The van der Waals surface area contributed by atoms with E-state index in [9.17, 15) is 22.4 Å². The molecule has 0 aliphatic carbocycles. The molecule has 0 amide bonds. The van der Waals surface area contributed by atoms with E-state index >= 15 is 0 Å². The molecule has 29 heavy (non-hydrogen) atoms. The van der Waals surface area contributed by atoms with Crippen molar-refractivity contribution in [2.24, 2.45) is 10.1 Å². The van der Waals surface area contributed by atoms with E-state index in [0.717, 1.165) is 4.31 Å². The number of rotatable bonds is 6. The zero-order valence-electron chi connectivity index (χ0n) is 14.6. The molecule has 1 aliphatic heterocycles. The van der Waals surface area contributed by atoms with Gasteiger partial charge in [0.05, 0.1) is 23.2 Å². The second kappa shape index (κ2) is 8.27. The van der Waals surface area contributed by atoms with Crippen molar-refractivity contribution in [2.75, 3.05) is 25.0 Å². The van der Waals surface area contributed by atoms with Gasteiger partial charge in [-0.05, 0) is 50.9 Å². The van der Waals surface area contributed by atoms with Gasteiger partial charge < -0.3 is 5.32 Å². The molecule has 3 rings (SSSR count). The van der Waals surface area contributed by atoms with Crippen LogP contribution in [0.25, 0.3) is 0 Å². The van der Waals surface area contributed by atoms with Crippen LogP contribution in [0.3, 0.4) is 0 Å². The van der Waals surface area contributed by atoms with Crippen molar-refractivity contribution in [1.29, 1.82) is 0 Å². The fraction of sp³-hybridized carbons (Fsp3) is 0.357. The number of aliphatic imine (C=N–C) groups is 1. The molecule has 1 fully saturated rings. The van der Waals surface area contributed by atoms with Crippen LogP contribution < -0.4 is 15.9 Å². The summed E-state index contributed by atoms with van der Waals surface area (Å²) in [6.07, 6.45) is -0.0696. The summed E-state index contributed by atoms with van der Waals surface area (Å²) in [5.74, 6) is -0.735. The number of hydrogen-bond acceptors (Lipinski definition) is 8. The van der Waals surface area contributed by atoms with Gasteiger partial charge in [0, 0.05) is 6.54 Å². The number of nitrogens with one attached hydrogen (secondary N) is 2. The fourth-order valence-corrected chi connectivity index (χ4v) is 3.80. The summed E-state index contributed by atoms with van der Waals surface area (Å²) in [5, 5.41) is 24.3. The van der Waals surface area contributed by atoms with Crippen LogP contribution in [0, 0.1) is 5.82 Å². The van der Waals surface area contributed by atoms with E-state index in [2.05, 4.69) is 41.2 Å². The van der Waals surface area contributed by atoms with Gasteiger partial charge in [0.2, 0.25) is 5.82 Å². The van der Waals surface area contributed by atoms with E-state index < -0.39 is 28.2 Å². The summed E-state index contributed by atoms with van der Waals surface area (Å²) in [5.41, 5.74) is 0.135. The SMILES string of the molecule is NS(=O)(=O)N1CC[C@@](F)(CNc2nonc2C(=Nc2ccc(F)c(Br)c2)NO)C1. The van der Waals surface area contributed by atoms with Crippen LogP contribution in [0.1, 0.15) is 12.1 Å². The average molecular weight is 496 g/mol. The number of anilines is 1. The maximum absolute atomic E-state index is 14.9. The molecular formula is C14H16BrF2N7O4S. The lowest BCUT2D eigenvalue weighted by Crippen LogP contribution is -2.40. The van der Waals surface area contributed by atoms with Gasteiger partial charge in [0.25, 0.3) is 10.2 Å². The van der Waals surface area contributed by atoms with Gasteiger partial charge in [-0.25, -0.2) is 23.5 Å². The molecule has 1 aliphatic rings. The number of nitrogens with zero attached hydrogens (tertiary/aromatic N) is 4. The molecule has 2 heterocycles. The number of benzene rings is 1. The number of alkyl halides is 1. The second-order valence-corrected chi connectivity index (χ2v) is 8.67. The van der Waals surface area contributed by atoms with Crippen LogP contribution in [-0.4, -0.2) is 59.4 Å². The molecular weight excluding hydrogens is 480 g/mol. The molecule has 2 aromatic rings. The van der Waals surface area contributed by atoms with Crippen LogP contribution in [0.15, 0.2) is 32.3 Å². The largest absolute Gasteiger partial charge is 0.362 e. The lowest BCUT2D eigenvalue weighted by Gasteiger charge is -2.20. The van der Waals surface area contributed by atoms with Crippen LogP contribution >= 0.6 is 15.9 Å². The minimum absolute atomic E-state index is 0.0439. The van der Waals surface area contributed by atoms with Crippen molar-refractivity contribution in [3.63, 3.8) is 0 Å². The Hall–Kier alpha value is -2.20. The molecule has 11 nitrogen and oxygen atoms in total. The third kappa shape index (κ3) is 5.05. The van der Waals surface area contributed by atoms with Gasteiger partial charge in [-0.15, -0.1) is 0 Å². The molecule has 0 saturated carbocycles. The number of hydroxylamine groups is 1. The van der Waals surface area contributed by atoms with Crippen LogP contribution in [0.4, 0.5) is 20.3 Å². The van der Waals surface area contributed by atoms with Crippen molar-refractivity contribution in [3.8, 4) is 0 Å². The Balaban J connectivity index is 1.76. The van der Waals surface area contributed by atoms with Gasteiger partial charge in [-0.2, -0.15) is 12.7 Å². The Labute approximate surface area is 172 Å². The summed E-state index contributed by atoms with van der Waals surface area (Å²) >= 11 is 3.02. The van der Waals surface area contributed by atoms with E-state index in [0.29, 0.717) is 0 Å². The maximum Gasteiger partial charge on any atom is 0.277 e. The Bertz CT molecular complexity index is 1030. The van der Waals surface area contributed by atoms with Crippen molar-refractivity contribution in [2.45, 2.75) is 12.1 Å². The van der Waals surface area contributed by atoms with Crippen LogP contribution in [0.2, 0.25) is 0 Å². The van der Waals surface area contributed by atoms with Gasteiger partial charge in [0.1, 0.15) is 11.5 Å². The first kappa shape index (κ1) is 21.5. The van der Waals surface area contributed by atoms with E-state index in [1.165, 1.54) is 18.2 Å². The first-order valence-electron chi connectivity index (χ1n) is 8.09. The highest BCUT2D eigenvalue weighted by atomic mass is 79.9. The lowest BCUT2D eigenvalue weighted by atomic mass is 10.1. The number of nitrogens with two attached hydrogens (primary N) is 1. The molecule has 1 aromatic heterocycles. The van der Waals surface area contributed by atoms with Crippen molar-refractivity contribution < 1.29 is 27.0 Å². The Kier molecular flexibility index (Phi) is 6.13. The predicted molar refractivity (Wildman–Crippen MR) is 101 cm³/mol. The molecule has 1 saturated heterocycles. The number of aromatic nitrogens is 2. The normalized spacial score (nSPS) is 20.8. The standard InChI is InChI=1S/C14H16BrF2N7O4S/c15-9-5-8(1-2-10(9)16)20-13(21-25)11-12(23-28-22-11)19-6-14(17)3-4-24(7-14)29(18,26)27/h1-2,5,25H,3-4,6-7H2,(H,19,23)(H,20,21)(H2,18,26,27)/t14-/m1/s1. The molecule has 0 unspecified atom stereocenters. The number of hydrogen-bond donors (Lipinski definition) is 4. The number of halogens is 3. The van der Waals surface area contributed by atoms with Gasteiger partial charge in [0.15, 0.2) is 11.5 Å². The molecule has 1 atom stereocenters. The third-order valence-corrected chi connectivity index (χ3v) is 5.80. The van der Waals surface area contributed by atoms with Crippen molar-refractivity contribution in [1.82, 2.24) is 20.1 Å². The maximum atomic E-state index is 14.9. The summed E-state index contributed by atoms with van der Waals surface area (Å²) in [7, 11) is -3.99. The van der Waals surface area contributed by atoms with Gasteiger partial charge in [-0.1, -0.05) is 0 Å². The van der Waals surface area contributed by atoms with Crippen LogP contribution in [-0.2, 0) is 10.2 Å². The minimum Gasteiger partial charge on any atom is -0.362 e. The minimum atomic E-state index is -3.99. The molecule has 0 bridgehead atoms. The monoisotopic (exact) mass is 495 g/mol. The average Bonchev–Trinajstić information content (AvgIpc) is 3.28. The van der Waals surface area contributed by atoms with Crippen molar-refractivity contribution in [3.05, 3.63) is 34.2 Å². The highest BCUT2D eigenvalue weighted by Crippen LogP contribution is 2.28. The third-order valence-electron chi connectivity index (χ3n) is 4.16. The summed E-state index contributed by atoms with van der Waals surface area (Å²) in [4.78, 5) is 4.08. The van der Waals surface area contributed by atoms with Crippen molar-refractivity contribution >= 4 is 43.5 Å². The first-order chi connectivity index (χ1) is 13.6. The van der Waals surface area contributed by atoms with E-state index in [1.807, 2.05) is 5.48 Å². The summed E-state index contributed by atoms with van der Waals surface area (Å²) in [6.45, 7) is -0.783.